The summed E-state index contributed by atoms with van der Waals surface area (Å²) in [6, 6.07) is 22.9. The van der Waals surface area contributed by atoms with E-state index in [1.54, 1.807) is 21.9 Å². The van der Waals surface area contributed by atoms with E-state index in [4.69, 9.17) is 11.6 Å². The van der Waals surface area contributed by atoms with Crippen LogP contribution in [0.3, 0.4) is 0 Å². The summed E-state index contributed by atoms with van der Waals surface area (Å²) in [7, 11) is 0. The Bertz CT molecular complexity index is 1670. The average molecular weight is 699 g/mol. The highest BCUT2D eigenvalue weighted by Gasteiger charge is 2.49. The van der Waals surface area contributed by atoms with Crippen molar-refractivity contribution >= 4 is 46.7 Å². The summed E-state index contributed by atoms with van der Waals surface area (Å²) in [6.45, 7) is 5.31. The summed E-state index contributed by atoms with van der Waals surface area (Å²) >= 11 is 6.14. The van der Waals surface area contributed by atoms with E-state index in [2.05, 4.69) is 10.6 Å². The number of Topliss-reactive ketones (excluding diaryl/α,β-unsaturated/α-hetero) is 1. The van der Waals surface area contributed by atoms with Gasteiger partial charge in [-0.05, 0) is 80.0 Å². The summed E-state index contributed by atoms with van der Waals surface area (Å²) in [6.07, 6.45) is 4.79. The lowest BCUT2D eigenvalue weighted by Crippen LogP contribution is -2.49. The van der Waals surface area contributed by atoms with E-state index in [1.807, 2.05) is 73.7 Å². The van der Waals surface area contributed by atoms with Gasteiger partial charge >= 0.3 is 0 Å². The fourth-order valence-corrected chi connectivity index (χ4v) is 7.46. The van der Waals surface area contributed by atoms with E-state index in [-0.39, 0.29) is 29.4 Å². The van der Waals surface area contributed by atoms with Crippen LogP contribution in [0.5, 0.6) is 0 Å². The molecule has 2 aliphatic rings. The lowest BCUT2D eigenvalue weighted by molar-refractivity contribution is -0.136. The molecule has 9 nitrogen and oxygen atoms in total. The SMILES string of the molecule is CCCC(=O)N1C(Cc2ccc(Cl)cc2)C(=O)N(c2ccc(CC(NC(=O)C3(CCNC(C)=O)CCCC3)C(C)=O)cc2)C1c1ccccc1. The number of anilines is 1. The number of hydrogen-bond donors (Lipinski definition) is 2. The Morgan fingerprint density at radius 1 is 0.900 bits per heavy atom. The van der Waals surface area contributed by atoms with Crippen LogP contribution in [0.2, 0.25) is 5.02 Å². The third-order valence-corrected chi connectivity index (χ3v) is 10.3. The van der Waals surface area contributed by atoms with Crippen molar-refractivity contribution in [3.05, 3.63) is 101 Å². The Morgan fingerprint density at radius 3 is 2.14 bits per heavy atom. The quantitative estimate of drug-likeness (QED) is 0.204. The van der Waals surface area contributed by atoms with Gasteiger partial charge in [-0.2, -0.15) is 0 Å². The minimum absolute atomic E-state index is 0.0927. The van der Waals surface area contributed by atoms with Crippen molar-refractivity contribution in [1.29, 1.82) is 0 Å². The zero-order chi connectivity index (χ0) is 35.8. The van der Waals surface area contributed by atoms with Crippen molar-refractivity contribution in [3.63, 3.8) is 0 Å². The van der Waals surface area contributed by atoms with E-state index in [1.165, 1.54) is 13.8 Å². The minimum atomic E-state index is -0.719. The number of nitrogens with zero attached hydrogens (tertiary/aromatic N) is 2. The molecule has 2 fully saturated rings. The Hall–Kier alpha value is -4.50. The molecule has 3 atom stereocenters. The van der Waals surface area contributed by atoms with E-state index in [0.717, 1.165) is 42.4 Å². The van der Waals surface area contributed by atoms with Crippen molar-refractivity contribution in [2.75, 3.05) is 11.4 Å². The van der Waals surface area contributed by atoms with Crippen LogP contribution in [0.25, 0.3) is 0 Å². The number of carbonyl (C=O) groups is 5. The van der Waals surface area contributed by atoms with Gasteiger partial charge in [0.15, 0.2) is 5.78 Å². The molecule has 3 unspecified atom stereocenters. The average Bonchev–Trinajstić information content (AvgIpc) is 3.69. The molecular formula is C40H47ClN4O5. The van der Waals surface area contributed by atoms with Crippen molar-refractivity contribution in [2.45, 2.75) is 96.8 Å². The number of ketones is 1. The third-order valence-electron chi connectivity index (χ3n) is 10.0. The van der Waals surface area contributed by atoms with Crippen LogP contribution in [0.15, 0.2) is 78.9 Å². The zero-order valence-corrected chi connectivity index (χ0v) is 29.9. The largest absolute Gasteiger partial charge is 0.356 e. The highest BCUT2D eigenvalue weighted by molar-refractivity contribution is 6.30. The fourth-order valence-electron chi connectivity index (χ4n) is 7.34. The van der Waals surface area contributed by atoms with Gasteiger partial charge in [0.05, 0.1) is 11.5 Å². The summed E-state index contributed by atoms with van der Waals surface area (Å²) in [4.78, 5) is 69.5. The summed E-state index contributed by atoms with van der Waals surface area (Å²) in [5.41, 5.74) is 2.58. The molecule has 2 N–H and O–H groups in total. The number of nitrogens with one attached hydrogen (secondary N) is 2. The van der Waals surface area contributed by atoms with Gasteiger partial charge in [-0.1, -0.05) is 86.0 Å². The van der Waals surface area contributed by atoms with E-state index in [9.17, 15) is 24.0 Å². The molecule has 1 saturated heterocycles. The molecule has 0 radical (unpaired) electrons. The topological polar surface area (TPSA) is 116 Å². The molecule has 0 spiro atoms. The molecule has 10 heteroatoms. The van der Waals surface area contributed by atoms with Gasteiger partial charge in [0.2, 0.25) is 17.7 Å². The van der Waals surface area contributed by atoms with E-state index < -0.39 is 23.7 Å². The molecule has 264 valence electrons. The van der Waals surface area contributed by atoms with Crippen molar-refractivity contribution in [1.82, 2.24) is 15.5 Å². The molecule has 4 amide bonds. The van der Waals surface area contributed by atoms with E-state index >= 15 is 0 Å². The molecule has 1 heterocycles. The van der Waals surface area contributed by atoms with Gasteiger partial charge in [-0.15, -0.1) is 0 Å². The second-order valence-electron chi connectivity index (χ2n) is 13.6. The Balaban J connectivity index is 1.40. The van der Waals surface area contributed by atoms with Crippen LogP contribution in [-0.2, 0) is 36.8 Å². The number of amides is 4. The molecule has 50 heavy (non-hydrogen) atoms. The molecule has 3 aromatic carbocycles. The lowest BCUT2D eigenvalue weighted by atomic mass is 9.81. The van der Waals surface area contributed by atoms with Crippen molar-refractivity contribution in [3.8, 4) is 0 Å². The Labute approximate surface area is 299 Å². The monoisotopic (exact) mass is 698 g/mol. The van der Waals surface area contributed by atoms with Gasteiger partial charge < -0.3 is 15.5 Å². The fraction of sp³-hybridized carbons (Fsp3) is 0.425. The van der Waals surface area contributed by atoms with Crippen LogP contribution < -0.4 is 15.5 Å². The second-order valence-corrected chi connectivity index (χ2v) is 14.1. The van der Waals surface area contributed by atoms with Gasteiger partial charge in [0, 0.05) is 37.0 Å². The number of halogens is 1. The first-order chi connectivity index (χ1) is 24.0. The highest BCUT2D eigenvalue weighted by Crippen LogP contribution is 2.42. The molecule has 0 bridgehead atoms. The zero-order valence-electron chi connectivity index (χ0n) is 29.1. The number of hydrogen-bond acceptors (Lipinski definition) is 5. The first-order valence-electron chi connectivity index (χ1n) is 17.6. The summed E-state index contributed by atoms with van der Waals surface area (Å²) in [5, 5.41) is 6.44. The van der Waals surface area contributed by atoms with Gasteiger partial charge in [0.25, 0.3) is 5.91 Å². The van der Waals surface area contributed by atoms with Crippen LogP contribution in [0, 0.1) is 5.41 Å². The lowest BCUT2D eigenvalue weighted by Gasteiger charge is -2.32. The predicted molar refractivity (Wildman–Crippen MR) is 194 cm³/mol. The van der Waals surface area contributed by atoms with Crippen molar-refractivity contribution < 1.29 is 24.0 Å². The molecule has 1 aliphatic heterocycles. The van der Waals surface area contributed by atoms with Crippen LogP contribution in [0.4, 0.5) is 5.69 Å². The Kier molecular flexibility index (Phi) is 12.1. The molecule has 1 aliphatic carbocycles. The molecule has 3 aromatic rings. The molecule has 5 rings (SSSR count). The number of benzene rings is 3. The van der Waals surface area contributed by atoms with Gasteiger partial charge in [0.1, 0.15) is 12.2 Å². The first kappa shape index (κ1) is 36.8. The van der Waals surface area contributed by atoms with Crippen LogP contribution in [-0.4, -0.2) is 52.9 Å². The summed E-state index contributed by atoms with van der Waals surface area (Å²) in [5.74, 6) is -0.696. The first-order valence-corrected chi connectivity index (χ1v) is 18.0. The Morgan fingerprint density at radius 2 is 1.54 bits per heavy atom. The predicted octanol–water partition coefficient (Wildman–Crippen LogP) is 6.33. The third kappa shape index (κ3) is 8.44. The van der Waals surface area contributed by atoms with Crippen molar-refractivity contribution in [2.24, 2.45) is 5.41 Å². The maximum Gasteiger partial charge on any atom is 0.252 e. The minimum Gasteiger partial charge on any atom is -0.356 e. The molecule has 1 saturated carbocycles. The second kappa shape index (κ2) is 16.5. The number of rotatable bonds is 14. The highest BCUT2D eigenvalue weighted by atomic mass is 35.5. The molecular weight excluding hydrogens is 652 g/mol. The standard InChI is InChI=1S/C40H47ClN4O5/c1-4-10-36(48)45-35(26-30-13-17-32(41)18-14-30)38(49)44(37(45)31-11-6-5-7-12-31)33-19-15-29(16-20-33)25-34(27(2)46)43-39(50)40(21-8-9-22-40)23-24-42-28(3)47/h5-7,11-20,34-35,37H,4,8-10,21-26H2,1-3H3,(H,42,47)(H,43,50). The van der Waals surface area contributed by atoms with Crippen LogP contribution >= 0.6 is 11.6 Å². The summed E-state index contributed by atoms with van der Waals surface area (Å²) < 4.78 is 0. The van der Waals surface area contributed by atoms with Gasteiger partial charge in [-0.3, -0.25) is 28.9 Å². The van der Waals surface area contributed by atoms with Crippen LogP contribution in [0.1, 0.15) is 88.6 Å². The smallest absolute Gasteiger partial charge is 0.252 e. The van der Waals surface area contributed by atoms with E-state index in [0.29, 0.717) is 49.4 Å². The van der Waals surface area contributed by atoms with Gasteiger partial charge in [-0.25, -0.2) is 0 Å². The molecule has 0 aromatic heterocycles. The maximum atomic E-state index is 14.4. The maximum absolute atomic E-state index is 14.4. The number of carbonyl (C=O) groups excluding carboxylic acids is 5. The normalized spacial score (nSPS) is 18.9.